The van der Waals surface area contributed by atoms with Gasteiger partial charge < -0.3 is 5.32 Å². The van der Waals surface area contributed by atoms with E-state index in [0.717, 1.165) is 13.1 Å². The molecule has 2 unspecified atom stereocenters. The zero-order chi connectivity index (χ0) is 12.1. The summed E-state index contributed by atoms with van der Waals surface area (Å²) in [5.74, 6) is 0. The van der Waals surface area contributed by atoms with Gasteiger partial charge >= 0.3 is 0 Å². The molecule has 1 N–H and O–H groups in total. The first-order valence-electron chi connectivity index (χ1n) is 6.74. The molecule has 1 aliphatic rings. The Morgan fingerprint density at radius 1 is 1.53 bits per heavy atom. The molecule has 2 heterocycles. The molecule has 1 aromatic rings. The van der Waals surface area contributed by atoms with Crippen molar-refractivity contribution in [2.75, 3.05) is 19.6 Å². The first kappa shape index (κ1) is 12.6. The van der Waals surface area contributed by atoms with Gasteiger partial charge in [0.2, 0.25) is 0 Å². The lowest BCUT2D eigenvalue weighted by Crippen LogP contribution is -2.38. The third-order valence-electron chi connectivity index (χ3n) is 3.54. The molecule has 0 aromatic carbocycles. The quantitative estimate of drug-likeness (QED) is 0.809. The molecule has 0 saturated carbocycles. The van der Waals surface area contributed by atoms with E-state index in [-0.39, 0.29) is 0 Å². The number of nitrogens with one attached hydrogen (secondary N) is 1. The van der Waals surface area contributed by atoms with E-state index < -0.39 is 0 Å². The molecule has 4 heteroatoms. The lowest BCUT2D eigenvalue weighted by atomic mass is 10.2. The van der Waals surface area contributed by atoms with Crippen LogP contribution in [0.5, 0.6) is 0 Å². The van der Waals surface area contributed by atoms with Crippen LogP contribution in [0.15, 0.2) is 18.5 Å². The number of aromatic nitrogens is 2. The second-order valence-electron chi connectivity index (χ2n) is 5.01. The molecule has 2 rings (SSSR count). The molecule has 0 radical (unpaired) electrons. The highest BCUT2D eigenvalue weighted by Crippen LogP contribution is 2.13. The van der Waals surface area contributed by atoms with E-state index >= 15 is 0 Å². The highest BCUT2D eigenvalue weighted by molar-refractivity contribution is 4.85. The Bertz CT molecular complexity index is 309. The predicted octanol–water partition coefficient (Wildman–Crippen LogP) is 1.35. The summed E-state index contributed by atoms with van der Waals surface area (Å²) >= 11 is 0. The summed E-state index contributed by atoms with van der Waals surface area (Å²) in [6.45, 7) is 9.05. The number of rotatable bonds is 6. The van der Waals surface area contributed by atoms with E-state index in [1.54, 1.807) is 0 Å². The van der Waals surface area contributed by atoms with Crippen LogP contribution >= 0.6 is 0 Å². The highest BCUT2D eigenvalue weighted by Gasteiger charge is 2.25. The Labute approximate surface area is 104 Å². The van der Waals surface area contributed by atoms with Crippen LogP contribution in [0, 0.1) is 0 Å². The Kier molecular flexibility index (Phi) is 4.57. The smallest absolute Gasteiger partial charge is 0.0562 e. The van der Waals surface area contributed by atoms with Gasteiger partial charge in [-0.2, -0.15) is 5.10 Å². The summed E-state index contributed by atoms with van der Waals surface area (Å²) in [5.41, 5.74) is 0. The van der Waals surface area contributed by atoms with Crippen LogP contribution in [-0.2, 0) is 6.54 Å². The monoisotopic (exact) mass is 236 g/mol. The van der Waals surface area contributed by atoms with E-state index in [1.807, 2.05) is 23.1 Å². The molecule has 0 aliphatic carbocycles. The van der Waals surface area contributed by atoms with Crippen molar-refractivity contribution < 1.29 is 0 Å². The molecule has 0 amide bonds. The van der Waals surface area contributed by atoms with Crippen LogP contribution in [0.1, 0.15) is 26.7 Å². The van der Waals surface area contributed by atoms with Crippen LogP contribution < -0.4 is 5.32 Å². The van der Waals surface area contributed by atoms with E-state index in [0.29, 0.717) is 12.1 Å². The van der Waals surface area contributed by atoms with Crippen molar-refractivity contribution in [2.24, 2.45) is 0 Å². The standard InChI is InChI=1S/C13H24N4/c1-3-6-14-13-5-9-16(11-13)12(2)10-17-8-4-7-15-17/h4,7-8,12-14H,3,5-6,9-11H2,1-2H3. The van der Waals surface area contributed by atoms with Gasteiger partial charge in [-0.05, 0) is 32.4 Å². The van der Waals surface area contributed by atoms with Gasteiger partial charge in [0.1, 0.15) is 0 Å². The van der Waals surface area contributed by atoms with E-state index in [1.165, 1.54) is 25.9 Å². The summed E-state index contributed by atoms with van der Waals surface area (Å²) in [6, 6.07) is 3.25. The lowest BCUT2D eigenvalue weighted by molar-refractivity contribution is 0.224. The minimum Gasteiger partial charge on any atom is -0.313 e. The van der Waals surface area contributed by atoms with Gasteiger partial charge in [0.05, 0.1) is 6.54 Å². The second-order valence-corrected chi connectivity index (χ2v) is 5.01. The highest BCUT2D eigenvalue weighted by atomic mass is 15.3. The zero-order valence-corrected chi connectivity index (χ0v) is 11.0. The number of hydrogen-bond acceptors (Lipinski definition) is 3. The van der Waals surface area contributed by atoms with Gasteiger partial charge in [-0.15, -0.1) is 0 Å². The van der Waals surface area contributed by atoms with Crippen molar-refractivity contribution in [3.63, 3.8) is 0 Å². The largest absolute Gasteiger partial charge is 0.313 e. The van der Waals surface area contributed by atoms with Crippen molar-refractivity contribution in [1.29, 1.82) is 0 Å². The van der Waals surface area contributed by atoms with E-state index in [4.69, 9.17) is 0 Å². The van der Waals surface area contributed by atoms with Crippen LogP contribution in [0.3, 0.4) is 0 Å². The van der Waals surface area contributed by atoms with Gasteiger partial charge in [-0.1, -0.05) is 6.92 Å². The van der Waals surface area contributed by atoms with Crippen LogP contribution in [-0.4, -0.2) is 46.4 Å². The Hall–Kier alpha value is -0.870. The van der Waals surface area contributed by atoms with E-state index in [9.17, 15) is 0 Å². The van der Waals surface area contributed by atoms with Crippen molar-refractivity contribution in [2.45, 2.75) is 45.3 Å². The molecule has 1 aliphatic heterocycles. The molecule has 1 saturated heterocycles. The van der Waals surface area contributed by atoms with Crippen molar-refractivity contribution in [1.82, 2.24) is 20.0 Å². The summed E-state index contributed by atoms with van der Waals surface area (Å²) in [4.78, 5) is 2.56. The molecule has 17 heavy (non-hydrogen) atoms. The minimum absolute atomic E-state index is 0.573. The fourth-order valence-electron chi connectivity index (χ4n) is 2.50. The fraction of sp³-hybridized carbons (Fsp3) is 0.769. The Balaban J connectivity index is 1.75. The maximum atomic E-state index is 4.27. The topological polar surface area (TPSA) is 33.1 Å². The van der Waals surface area contributed by atoms with Crippen LogP contribution in [0.25, 0.3) is 0 Å². The molecular weight excluding hydrogens is 212 g/mol. The Morgan fingerprint density at radius 3 is 3.12 bits per heavy atom. The fourth-order valence-corrected chi connectivity index (χ4v) is 2.50. The predicted molar refractivity (Wildman–Crippen MR) is 70.0 cm³/mol. The minimum atomic E-state index is 0.573. The van der Waals surface area contributed by atoms with Gasteiger partial charge in [0.15, 0.2) is 0 Å². The maximum Gasteiger partial charge on any atom is 0.0562 e. The molecule has 1 aromatic heterocycles. The molecule has 1 fully saturated rings. The number of likely N-dealkylation sites (tertiary alicyclic amines) is 1. The summed E-state index contributed by atoms with van der Waals surface area (Å²) < 4.78 is 2.03. The van der Waals surface area contributed by atoms with Crippen molar-refractivity contribution >= 4 is 0 Å². The second kappa shape index (κ2) is 6.17. The molecule has 2 atom stereocenters. The first-order chi connectivity index (χ1) is 8.29. The third kappa shape index (κ3) is 3.54. The first-order valence-corrected chi connectivity index (χ1v) is 6.74. The summed E-state index contributed by atoms with van der Waals surface area (Å²) in [5, 5.41) is 7.88. The zero-order valence-electron chi connectivity index (χ0n) is 11.0. The third-order valence-corrected chi connectivity index (χ3v) is 3.54. The molecular formula is C13H24N4. The van der Waals surface area contributed by atoms with Gasteiger partial charge in [-0.25, -0.2) is 0 Å². The Morgan fingerprint density at radius 2 is 2.41 bits per heavy atom. The molecule has 0 bridgehead atoms. The van der Waals surface area contributed by atoms with Gasteiger partial charge in [0, 0.05) is 37.6 Å². The SMILES string of the molecule is CCCNC1CCN(C(C)Cn2cccn2)C1. The van der Waals surface area contributed by atoms with Gasteiger partial charge in [0.25, 0.3) is 0 Å². The average molecular weight is 236 g/mol. The normalized spacial score (nSPS) is 23.1. The van der Waals surface area contributed by atoms with Crippen molar-refractivity contribution in [3.8, 4) is 0 Å². The lowest BCUT2D eigenvalue weighted by Gasteiger charge is -2.24. The van der Waals surface area contributed by atoms with Crippen LogP contribution in [0.4, 0.5) is 0 Å². The maximum absolute atomic E-state index is 4.27. The molecule has 0 spiro atoms. The molecule has 96 valence electrons. The summed E-state index contributed by atoms with van der Waals surface area (Å²) in [6.07, 6.45) is 6.39. The molecule has 4 nitrogen and oxygen atoms in total. The van der Waals surface area contributed by atoms with Crippen molar-refractivity contribution in [3.05, 3.63) is 18.5 Å². The number of hydrogen-bond donors (Lipinski definition) is 1. The van der Waals surface area contributed by atoms with E-state index in [2.05, 4.69) is 29.2 Å². The van der Waals surface area contributed by atoms with Crippen LogP contribution in [0.2, 0.25) is 0 Å². The average Bonchev–Trinajstić information content (AvgIpc) is 2.96. The number of nitrogens with zero attached hydrogens (tertiary/aromatic N) is 3. The summed E-state index contributed by atoms with van der Waals surface area (Å²) in [7, 11) is 0. The van der Waals surface area contributed by atoms with Gasteiger partial charge in [-0.3, -0.25) is 9.58 Å².